The quantitative estimate of drug-likeness (QED) is 0.281. The molecule has 0 aliphatic carbocycles. The molecule has 0 saturated heterocycles. The average Bonchev–Trinajstić information content (AvgIpc) is 2.76. The first-order chi connectivity index (χ1) is 15.0. The molecule has 0 bridgehead atoms. The summed E-state index contributed by atoms with van der Waals surface area (Å²) in [5.41, 5.74) is 1.09. The maximum atomic E-state index is 13.2. The van der Waals surface area contributed by atoms with Gasteiger partial charge in [-0.2, -0.15) is 9.78 Å². The van der Waals surface area contributed by atoms with Crippen molar-refractivity contribution in [3.05, 3.63) is 74.2 Å². The van der Waals surface area contributed by atoms with Crippen LogP contribution in [0.25, 0.3) is 10.9 Å². The van der Waals surface area contributed by atoms with Crippen molar-refractivity contribution in [2.75, 3.05) is 13.7 Å². The van der Waals surface area contributed by atoms with E-state index >= 15 is 0 Å². The van der Waals surface area contributed by atoms with Gasteiger partial charge in [-0.3, -0.25) is 4.79 Å². The Bertz CT molecular complexity index is 1190. The number of hydrogen-bond donors (Lipinski definition) is 0. The number of methoxy groups -OCH3 is 1. The highest BCUT2D eigenvalue weighted by Crippen LogP contribution is 2.36. The maximum absolute atomic E-state index is 13.2. The number of rotatable bonds is 9. The van der Waals surface area contributed by atoms with Crippen molar-refractivity contribution in [1.82, 2.24) is 9.66 Å². The molecule has 0 unspecified atom stereocenters. The molecule has 0 fully saturated rings. The molecule has 162 valence electrons. The minimum atomic E-state index is -0.224. The zero-order valence-corrected chi connectivity index (χ0v) is 19.7. The van der Waals surface area contributed by atoms with Crippen molar-refractivity contribution in [3.8, 4) is 11.5 Å². The number of unbranched alkanes of at least 4 members (excludes halogenated alkanes) is 1. The molecule has 6 nitrogen and oxygen atoms in total. The molecule has 31 heavy (non-hydrogen) atoms. The van der Waals surface area contributed by atoms with Gasteiger partial charge in [0.1, 0.15) is 12.4 Å². The number of hydrogen-bond acceptors (Lipinski definition) is 5. The fraction of sp³-hybridized carbons (Fsp3) is 0.261. The molecule has 0 radical (unpaired) electrons. The molecule has 3 rings (SSSR count). The summed E-state index contributed by atoms with van der Waals surface area (Å²) in [5, 5.41) is 5.32. The largest absolute Gasteiger partial charge is 0.493 e. The summed E-state index contributed by atoms with van der Waals surface area (Å²) in [5.74, 6) is 1.51. The molecule has 0 aliphatic rings. The summed E-state index contributed by atoms with van der Waals surface area (Å²) in [4.78, 5) is 17.8. The third-order valence-electron chi connectivity index (χ3n) is 4.55. The van der Waals surface area contributed by atoms with Gasteiger partial charge in [-0.05, 0) is 42.3 Å². The van der Waals surface area contributed by atoms with Gasteiger partial charge in [0.2, 0.25) is 0 Å². The molecule has 0 amide bonds. The Kier molecular flexibility index (Phi) is 7.87. The molecule has 1 aromatic heterocycles. The van der Waals surface area contributed by atoms with Gasteiger partial charge in [-0.1, -0.05) is 53.5 Å². The number of aromatic nitrogens is 2. The highest BCUT2D eigenvalue weighted by atomic mass is 79.9. The molecule has 0 N–H and O–H groups in total. The van der Waals surface area contributed by atoms with Crippen LogP contribution in [-0.2, 0) is 6.42 Å². The van der Waals surface area contributed by atoms with E-state index < -0.39 is 0 Å². The van der Waals surface area contributed by atoms with E-state index in [1.165, 1.54) is 11.8 Å². The van der Waals surface area contributed by atoms with Gasteiger partial charge in [-0.25, -0.2) is 4.98 Å². The topological polar surface area (TPSA) is 65.7 Å². The fourth-order valence-electron chi connectivity index (χ4n) is 3.03. The van der Waals surface area contributed by atoms with Gasteiger partial charge < -0.3 is 9.47 Å². The maximum Gasteiger partial charge on any atom is 0.282 e. The smallest absolute Gasteiger partial charge is 0.282 e. The highest BCUT2D eigenvalue weighted by Gasteiger charge is 2.13. The summed E-state index contributed by atoms with van der Waals surface area (Å²) in [6, 6.07) is 8.91. The van der Waals surface area contributed by atoms with Gasteiger partial charge in [0, 0.05) is 10.9 Å². The van der Waals surface area contributed by atoms with Gasteiger partial charge >= 0.3 is 0 Å². The van der Waals surface area contributed by atoms with E-state index in [0.29, 0.717) is 51.8 Å². The minimum absolute atomic E-state index is 0.224. The zero-order chi connectivity index (χ0) is 22.4. The predicted molar refractivity (Wildman–Crippen MR) is 129 cm³/mol. The number of benzene rings is 2. The predicted octanol–water partition coefficient (Wildman–Crippen LogP) is 5.61. The van der Waals surface area contributed by atoms with Gasteiger partial charge in [0.25, 0.3) is 5.56 Å². The Balaban J connectivity index is 2.07. The number of nitrogens with zero attached hydrogens (tertiary/aromatic N) is 3. The standard InChI is InChI=1S/C23H23BrClN3O3/c1-4-6-7-21-27-19-9-8-16(24)13-17(19)23(29)28(21)26-14-15-11-18(25)22(31-10-5-2)20(12-15)30-3/h5,8-9,11-14H,2,4,6-7,10H2,1,3H3. The molecule has 3 aromatic rings. The van der Waals surface area contributed by atoms with Gasteiger partial charge in [0.15, 0.2) is 11.5 Å². The van der Waals surface area contributed by atoms with Crippen molar-refractivity contribution in [1.29, 1.82) is 0 Å². The number of ether oxygens (including phenoxy) is 2. The van der Waals surface area contributed by atoms with Crippen LogP contribution < -0.4 is 15.0 Å². The molecule has 0 aliphatic heterocycles. The average molecular weight is 505 g/mol. The Morgan fingerprint density at radius 2 is 2.13 bits per heavy atom. The Morgan fingerprint density at radius 1 is 1.32 bits per heavy atom. The highest BCUT2D eigenvalue weighted by molar-refractivity contribution is 9.10. The van der Waals surface area contributed by atoms with Crippen molar-refractivity contribution in [2.45, 2.75) is 26.2 Å². The SMILES string of the molecule is C=CCOc1c(Cl)cc(C=Nn2c(CCCC)nc3ccc(Br)cc3c2=O)cc1OC. The second-order valence-electron chi connectivity index (χ2n) is 6.79. The van der Waals surface area contributed by atoms with E-state index in [2.05, 4.69) is 39.5 Å². The van der Waals surface area contributed by atoms with Crippen LogP contribution in [-0.4, -0.2) is 29.6 Å². The Morgan fingerprint density at radius 3 is 2.84 bits per heavy atom. The first-order valence-corrected chi connectivity index (χ1v) is 11.0. The Hall–Kier alpha value is -2.64. The summed E-state index contributed by atoms with van der Waals surface area (Å²) in [6.45, 7) is 6.03. The third-order valence-corrected chi connectivity index (χ3v) is 5.32. The van der Waals surface area contributed by atoms with E-state index in [0.717, 1.165) is 17.3 Å². The molecule has 0 saturated carbocycles. The number of fused-ring (bicyclic) bond motifs is 1. The van der Waals surface area contributed by atoms with E-state index in [-0.39, 0.29) is 5.56 Å². The van der Waals surface area contributed by atoms with Crippen molar-refractivity contribution in [3.63, 3.8) is 0 Å². The molecule has 0 spiro atoms. The number of aryl methyl sites for hydroxylation is 1. The van der Waals surface area contributed by atoms with Crippen LogP contribution in [0, 0.1) is 0 Å². The normalized spacial score (nSPS) is 11.2. The van der Waals surface area contributed by atoms with Crippen LogP contribution in [0.5, 0.6) is 11.5 Å². The first kappa shape index (κ1) is 23.0. The summed E-state index contributed by atoms with van der Waals surface area (Å²) in [7, 11) is 1.53. The molecular formula is C23H23BrClN3O3. The van der Waals surface area contributed by atoms with E-state index in [9.17, 15) is 4.79 Å². The second-order valence-corrected chi connectivity index (χ2v) is 8.11. The fourth-order valence-corrected chi connectivity index (χ4v) is 3.67. The summed E-state index contributed by atoms with van der Waals surface area (Å²) < 4.78 is 13.1. The Labute approximate surface area is 194 Å². The lowest BCUT2D eigenvalue weighted by atomic mass is 10.2. The van der Waals surface area contributed by atoms with Crippen molar-refractivity contribution < 1.29 is 9.47 Å². The molecular weight excluding hydrogens is 482 g/mol. The summed E-state index contributed by atoms with van der Waals surface area (Å²) >= 11 is 9.79. The zero-order valence-electron chi connectivity index (χ0n) is 17.4. The second kappa shape index (κ2) is 10.6. The van der Waals surface area contributed by atoms with Crippen LogP contribution >= 0.6 is 27.5 Å². The lowest BCUT2D eigenvalue weighted by molar-refractivity contribution is 0.326. The lowest BCUT2D eigenvalue weighted by Gasteiger charge is -2.12. The van der Waals surface area contributed by atoms with E-state index in [1.807, 2.05) is 12.1 Å². The minimum Gasteiger partial charge on any atom is -0.493 e. The lowest BCUT2D eigenvalue weighted by Crippen LogP contribution is -2.22. The van der Waals surface area contributed by atoms with Gasteiger partial charge in [0.05, 0.1) is 29.2 Å². The van der Waals surface area contributed by atoms with Crippen LogP contribution in [0.4, 0.5) is 0 Å². The van der Waals surface area contributed by atoms with Crippen LogP contribution in [0.1, 0.15) is 31.2 Å². The van der Waals surface area contributed by atoms with Crippen molar-refractivity contribution >= 4 is 44.6 Å². The van der Waals surface area contributed by atoms with Crippen LogP contribution in [0.2, 0.25) is 5.02 Å². The van der Waals surface area contributed by atoms with Crippen LogP contribution in [0.3, 0.4) is 0 Å². The van der Waals surface area contributed by atoms with E-state index in [4.69, 9.17) is 21.1 Å². The summed E-state index contributed by atoms with van der Waals surface area (Å²) in [6.07, 6.45) is 5.72. The molecule has 1 heterocycles. The molecule has 8 heteroatoms. The van der Waals surface area contributed by atoms with Gasteiger partial charge in [-0.15, -0.1) is 0 Å². The third kappa shape index (κ3) is 5.35. The number of halogens is 2. The monoisotopic (exact) mass is 503 g/mol. The van der Waals surface area contributed by atoms with Crippen LogP contribution in [0.15, 0.2) is 57.4 Å². The molecule has 2 aromatic carbocycles. The molecule has 0 atom stereocenters. The van der Waals surface area contributed by atoms with Crippen molar-refractivity contribution in [2.24, 2.45) is 5.10 Å². The first-order valence-electron chi connectivity index (χ1n) is 9.85. The van der Waals surface area contributed by atoms with E-state index in [1.54, 1.807) is 30.5 Å².